The lowest BCUT2D eigenvalue weighted by molar-refractivity contribution is -0.132. The van der Waals surface area contributed by atoms with Crippen molar-refractivity contribution in [2.45, 2.75) is 26.8 Å². The number of anilines is 1. The number of hydrogen-bond acceptors (Lipinski definition) is 8. The third-order valence-corrected chi connectivity index (χ3v) is 7.17. The minimum atomic E-state index is -0.954. The Balaban J connectivity index is 1.89. The van der Waals surface area contributed by atoms with Crippen LogP contribution in [0.2, 0.25) is 0 Å². The molecule has 1 atom stereocenters. The first-order valence-corrected chi connectivity index (χ1v) is 12.3. The molecule has 0 spiro atoms. The van der Waals surface area contributed by atoms with E-state index < -0.39 is 23.7 Å². The molecule has 0 aliphatic carbocycles. The predicted molar refractivity (Wildman–Crippen MR) is 141 cm³/mol. The van der Waals surface area contributed by atoms with E-state index in [2.05, 4.69) is 11.6 Å². The van der Waals surface area contributed by atoms with E-state index in [1.54, 1.807) is 44.2 Å². The number of carbonyl (C=O) groups is 3. The van der Waals surface area contributed by atoms with Gasteiger partial charge in [0.05, 0.1) is 24.4 Å². The topological polar surface area (TPSA) is 106 Å². The molecule has 190 valence electrons. The van der Waals surface area contributed by atoms with Gasteiger partial charge in [0.1, 0.15) is 23.0 Å². The van der Waals surface area contributed by atoms with Gasteiger partial charge in [-0.1, -0.05) is 53.8 Å². The summed E-state index contributed by atoms with van der Waals surface area (Å²) in [6.07, 6.45) is 1.45. The molecule has 1 amide bonds. The van der Waals surface area contributed by atoms with Crippen LogP contribution in [0.3, 0.4) is 0 Å². The molecule has 3 aromatic rings. The van der Waals surface area contributed by atoms with Gasteiger partial charge in [0, 0.05) is 5.56 Å². The molecule has 0 saturated carbocycles. The molecule has 1 fully saturated rings. The van der Waals surface area contributed by atoms with Crippen molar-refractivity contribution in [2.24, 2.45) is 0 Å². The van der Waals surface area contributed by atoms with E-state index in [1.807, 2.05) is 19.1 Å². The Bertz CT molecular complexity index is 1440. The number of Topliss-reactive ketones (excluding diaryl/α,β-unsaturated/α-hetero) is 1. The molecule has 37 heavy (non-hydrogen) atoms. The fraction of sp³-hybridized carbons (Fsp3) is 0.214. The molecule has 4 rings (SSSR count). The largest absolute Gasteiger partial charge is 0.507 e. The summed E-state index contributed by atoms with van der Waals surface area (Å²) in [5.41, 5.74) is 2.98. The Morgan fingerprint density at radius 3 is 2.49 bits per heavy atom. The summed E-state index contributed by atoms with van der Waals surface area (Å²) in [5.74, 6) is -2.00. The molecule has 1 saturated heterocycles. The summed E-state index contributed by atoms with van der Waals surface area (Å²) in [6, 6.07) is 11.4. The van der Waals surface area contributed by atoms with Crippen molar-refractivity contribution in [3.05, 3.63) is 93.5 Å². The van der Waals surface area contributed by atoms with Crippen molar-refractivity contribution >= 4 is 39.9 Å². The lowest BCUT2D eigenvalue weighted by Gasteiger charge is -2.23. The number of aliphatic hydroxyl groups excluding tert-OH is 1. The molecule has 1 aromatic heterocycles. The van der Waals surface area contributed by atoms with Crippen LogP contribution in [-0.2, 0) is 14.3 Å². The van der Waals surface area contributed by atoms with Gasteiger partial charge in [0.2, 0.25) is 0 Å². The number of thiazole rings is 1. The van der Waals surface area contributed by atoms with Crippen LogP contribution in [0, 0.1) is 20.8 Å². The van der Waals surface area contributed by atoms with Gasteiger partial charge < -0.3 is 14.6 Å². The Labute approximate surface area is 218 Å². The number of benzene rings is 2. The smallest absolute Gasteiger partial charge is 0.350 e. The van der Waals surface area contributed by atoms with Crippen LogP contribution < -0.4 is 9.64 Å². The SMILES string of the molecule is C=CCOC(=O)c1sc(N2C(=O)C(=O)/C(=C(/O)c3ccc(OC)cc3C)[C@H]2c2ccc(C)cc2)nc1C. The van der Waals surface area contributed by atoms with Crippen molar-refractivity contribution in [1.29, 1.82) is 0 Å². The number of rotatable bonds is 7. The number of methoxy groups -OCH3 is 1. The molecular weight excluding hydrogens is 492 g/mol. The summed E-state index contributed by atoms with van der Waals surface area (Å²) in [4.78, 5) is 45.2. The average Bonchev–Trinajstić information content (AvgIpc) is 3.39. The van der Waals surface area contributed by atoms with Crippen molar-refractivity contribution in [3.8, 4) is 5.75 Å². The molecule has 2 heterocycles. The van der Waals surface area contributed by atoms with Crippen molar-refractivity contribution in [3.63, 3.8) is 0 Å². The quantitative estimate of drug-likeness (QED) is 0.153. The molecular formula is C28H26N2O6S. The van der Waals surface area contributed by atoms with Gasteiger partial charge in [-0.2, -0.15) is 0 Å². The predicted octanol–water partition coefficient (Wildman–Crippen LogP) is 5.05. The second kappa shape index (κ2) is 10.4. The number of aryl methyl sites for hydroxylation is 3. The number of ketones is 1. The molecule has 2 aromatic carbocycles. The van der Waals surface area contributed by atoms with Crippen LogP contribution >= 0.6 is 11.3 Å². The average molecular weight is 519 g/mol. The van der Waals surface area contributed by atoms with Gasteiger partial charge >= 0.3 is 11.9 Å². The Morgan fingerprint density at radius 1 is 1.16 bits per heavy atom. The minimum Gasteiger partial charge on any atom is -0.507 e. The van der Waals surface area contributed by atoms with E-state index in [0.717, 1.165) is 16.9 Å². The minimum absolute atomic E-state index is 0.0284. The Morgan fingerprint density at radius 2 is 1.86 bits per heavy atom. The zero-order chi connectivity index (χ0) is 26.9. The molecule has 8 nitrogen and oxygen atoms in total. The number of nitrogens with zero attached hydrogens (tertiary/aromatic N) is 2. The van der Waals surface area contributed by atoms with Crippen LogP contribution in [0.25, 0.3) is 5.76 Å². The number of hydrogen-bond donors (Lipinski definition) is 1. The summed E-state index contributed by atoms with van der Waals surface area (Å²) in [5, 5.41) is 11.5. The summed E-state index contributed by atoms with van der Waals surface area (Å²) in [7, 11) is 1.54. The number of esters is 1. The van der Waals surface area contributed by atoms with Crippen LogP contribution in [-0.4, -0.2) is 41.5 Å². The number of ether oxygens (including phenoxy) is 2. The zero-order valence-electron chi connectivity index (χ0n) is 20.9. The Kier molecular flexibility index (Phi) is 7.26. The fourth-order valence-corrected chi connectivity index (χ4v) is 5.13. The van der Waals surface area contributed by atoms with Crippen LogP contribution in [0.5, 0.6) is 5.75 Å². The molecule has 1 aliphatic heterocycles. The van der Waals surface area contributed by atoms with Gasteiger partial charge in [-0.3, -0.25) is 14.5 Å². The highest BCUT2D eigenvalue weighted by Gasteiger charge is 2.48. The van der Waals surface area contributed by atoms with Gasteiger partial charge in [-0.15, -0.1) is 0 Å². The lowest BCUT2D eigenvalue weighted by Crippen LogP contribution is -2.29. The van der Waals surface area contributed by atoms with Crippen LogP contribution in [0.4, 0.5) is 5.13 Å². The van der Waals surface area contributed by atoms with Crippen LogP contribution in [0.1, 0.15) is 43.7 Å². The first kappa shape index (κ1) is 25.8. The maximum atomic E-state index is 13.4. The molecule has 0 unspecified atom stereocenters. The third-order valence-electron chi connectivity index (χ3n) is 6.04. The highest BCUT2D eigenvalue weighted by Crippen LogP contribution is 2.44. The second-order valence-electron chi connectivity index (χ2n) is 8.56. The summed E-state index contributed by atoms with van der Waals surface area (Å²) >= 11 is 0.952. The third kappa shape index (κ3) is 4.77. The van der Waals surface area contributed by atoms with Crippen molar-refractivity contribution in [1.82, 2.24) is 4.98 Å². The maximum Gasteiger partial charge on any atom is 0.350 e. The van der Waals surface area contributed by atoms with E-state index in [4.69, 9.17) is 9.47 Å². The lowest BCUT2D eigenvalue weighted by atomic mass is 9.93. The monoisotopic (exact) mass is 518 g/mol. The number of amides is 1. The van der Waals surface area contributed by atoms with E-state index in [9.17, 15) is 19.5 Å². The van der Waals surface area contributed by atoms with Crippen molar-refractivity contribution < 1.29 is 29.0 Å². The van der Waals surface area contributed by atoms with Crippen molar-refractivity contribution in [2.75, 3.05) is 18.6 Å². The van der Waals surface area contributed by atoms with E-state index >= 15 is 0 Å². The molecule has 1 aliphatic rings. The normalized spacial score (nSPS) is 16.6. The number of carbonyl (C=O) groups excluding carboxylic acids is 3. The van der Waals surface area contributed by atoms with Crippen LogP contribution in [0.15, 0.2) is 60.7 Å². The fourth-order valence-electron chi connectivity index (χ4n) is 4.14. The molecule has 0 bridgehead atoms. The van der Waals surface area contributed by atoms with E-state index in [1.165, 1.54) is 18.1 Å². The molecule has 9 heteroatoms. The van der Waals surface area contributed by atoms with Gasteiger partial charge in [0.25, 0.3) is 5.78 Å². The highest BCUT2D eigenvalue weighted by atomic mass is 32.1. The maximum absolute atomic E-state index is 13.4. The Hall–Kier alpha value is -4.24. The summed E-state index contributed by atoms with van der Waals surface area (Å²) in [6.45, 7) is 8.89. The van der Waals surface area contributed by atoms with Gasteiger partial charge in [0.15, 0.2) is 5.13 Å². The summed E-state index contributed by atoms with van der Waals surface area (Å²) < 4.78 is 10.4. The number of aliphatic hydroxyl groups is 1. The first-order chi connectivity index (χ1) is 17.7. The highest BCUT2D eigenvalue weighted by molar-refractivity contribution is 7.17. The standard InChI is InChI=1S/C28H26N2O6S/c1-6-13-36-27(34)25-17(4)29-28(37-25)30-22(18-9-7-15(2)8-10-18)21(24(32)26(30)33)23(31)20-12-11-19(35-5)14-16(20)3/h6-12,14,22,31H,1,13H2,2-5H3/b23-21+/t22-/m1/s1. The number of aromatic nitrogens is 1. The van der Waals surface area contributed by atoms with Gasteiger partial charge in [-0.05, 0) is 50.1 Å². The zero-order valence-corrected chi connectivity index (χ0v) is 21.7. The first-order valence-electron chi connectivity index (χ1n) is 11.5. The van der Waals surface area contributed by atoms with E-state index in [0.29, 0.717) is 28.1 Å². The molecule has 1 N–H and O–H groups in total. The second-order valence-corrected chi connectivity index (χ2v) is 9.54. The van der Waals surface area contributed by atoms with Gasteiger partial charge in [-0.25, -0.2) is 9.78 Å². The molecule has 0 radical (unpaired) electrons. The van der Waals surface area contributed by atoms with E-state index in [-0.39, 0.29) is 27.9 Å².